The molecule has 2 heterocycles. The van der Waals surface area contributed by atoms with Gasteiger partial charge in [-0.2, -0.15) is 0 Å². The quantitative estimate of drug-likeness (QED) is 0.714. The first kappa shape index (κ1) is 10.9. The van der Waals surface area contributed by atoms with Gasteiger partial charge in [-0.3, -0.25) is 4.98 Å². The van der Waals surface area contributed by atoms with Crippen LogP contribution in [-0.2, 0) is 0 Å². The lowest BCUT2D eigenvalue weighted by Gasteiger charge is -1.98. The van der Waals surface area contributed by atoms with E-state index in [9.17, 15) is 0 Å². The SMILES string of the molecule is Nc1ccccc1-c1nnc(-c2ccncc2)s1. The molecule has 3 rings (SSSR count). The van der Waals surface area contributed by atoms with Crippen LogP contribution in [0.5, 0.6) is 0 Å². The highest BCUT2D eigenvalue weighted by Crippen LogP contribution is 2.32. The van der Waals surface area contributed by atoms with E-state index in [0.29, 0.717) is 0 Å². The largest absolute Gasteiger partial charge is 0.398 e. The normalized spacial score (nSPS) is 10.4. The summed E-state index contributed by atoms with van der Waals surface area (Å²) in [4.78, 5) is 3.99. The van der Waals surface area contributed by atoms with E-state index in [1.54, 1.807) is 12.4 Å². The lowest BCUT2D eigenvalue weighted by atomic mass is 10.2. The van der Waals surface area contributed by atoms with Gasteiger partial charge in [0.15, 0.2) is 0 Å². The predicted molar refractivity (Wildman–Crippen MR) is 73.0 cm³/mol. The van der Waals surface area contributed by atoms with E-state index >= 15 is 0 Å². The molecule has 0 radical (unpaired) electrons. The molecule has 0 aliphatic carbocycles. The summed E-state index contributed by atoms with van der Waals surface area (Å²) in [6.45, 7) is 0. The molecule has 4 nitrogen and oxygen atoms in total. The van der Waals surface area contributed by atoms with Gasteiger partial charge < -0.3 is 5.73 Å². The standard InChI is InChI=1S/C13H10N4S/c14-11-4-2-1-3-10(11)13-17-16-12(18-13)9-5-7-15-8-6-9/h1-8H,14H2. The van der Waals surface area contributed by atoms with Crippen molar-refractivity contribution in [3.8, 4) is 21.1 Å². The van der Waals surface area contributed by atoms with Crippen molar-refractivity contribution in [1.82, 2.24) is 15.2 Å². The smallest absolute Gasteiger partial charge is 0.150 e. The maximum absolute atomic E-state index is 5.93. The number of aromatic nitrogens is 3. The molecule has 0 unspecified atom stereocenters. The van der Waals surface area contributed by atoms with Crippen LogP contribution in [0.25, 0.3) is 21.1 Å². The topological polar surface area (TPSA) is 64.7 Å². The monoisotopic (exact) mass is 254 g/mol. The van der Waals surface area contributed by atoms with Gasteiger partial charge in [0, 0.05) is 29.2 Å². The van der Waals surface area contributed by atoms with Crippen molar-refractivity contribution in [1.29, 1.82) is 0 Å². The molecule has 2 aromatic heterocycles. The second kappa shape index (κ2) is 4.54. The van der Waals surface area contributed by atoms with E-state index in [0.717, 1.165) is 26.8 Å². The van der Waals surface area contributed by atoms with Crippen LogP contribution in [0.3, 0.4) is 0 Å². The van der Waals surface area contributed by atoms with Crippen LogP contribution in [0.2, 0.25) is 0 Å². The molecule has 1 aromatic carbocycles. The fourth-order valence-corrected chi connectivity index (χ4v) is 2.53. The van der Waals surface area contributed by atoms with Gasteiger partial charge in [0.05, 0.1) is 0 Å². The van der Waals surface area contributed by atoms with Crippen molar-refractivity contribution in [2.24, 2.45) is 0 Å². The van der Waals surface area contributed by atoms with Gasteiger partial charge in [0.1, 0.15) is 10.0 Å². The van der Waals surface area contributed by atoms with E-state index in [2.05, 4.69) is 15.2 Å². The number of nitrogens with two attached hydrogens (primary N) is 1. The Bertz CT molecular complexity index is 664. The molecule has 18 heavy (non-hydrogen) atoms. The summed E-state index contributed by atoms with van der Waals surface area (Å²) in [7, 11) is 0. The number of hydrogen-bond donors (Lipinski definition) is 1. The Morgan fingerprint density at radius 2 is 1.61 bits per heavy atom. The Hall–Kier alpha value is -2.27. The first-order valence-corrected chi connectivity index (χ1v) is 6.25. The van der Waals surface area contributed by atoms with Gasteiger partial charge >= 0.3 is 0 Å². The third kappa shape index (κ3) is 1.96. The summed E-state index contributed by atoms with van der Waals surface area (Å²) in [5, 5.41) is 10.1. The van der Waals surface area contributed by atoms with Crippen LogP contribution in [0.4, 0.5) is 5.69 Å². The van der Waals surface area contributed by atoms with Gasteiger partial charge in [-0.05, 0) is 24.3 Å². The molecule has 0 spiro atoms. The zero-order valence-corrected chi connectivity index (χ0v) is 10.3. The first-order chi connectivity index (χ1) is 8.84. The zero-order chi connectivity index (χ0) is 12.4. The second-order valence-corrected chi connectivity index (χ2v) is 4.71. The number of benzene rings is 1. The third-order valence-electron chi connectivity index (χ3n) is 2.54. The highest BCUT2D eigenvalue weighted by molar-refractivity contribution is 7.18. The number of nitrogens with zero attached hydrogens (tertiary/aromatic N) is 3. The van der Waals surface area contributed by atoms with E-state index in [-0.39, 0.29) is 0 Å². The van der Waals surface area contributed by atoms with Crippen molar-refractivity contribution < 1.29 is 0 Å². The molecule has 0 atom stereocenters. The van der Waals surface area contributed by atoms with Crippen LogP contribution in [0.1, 0.15) is 0 Å². The minimum absolute atomic E-state index is 0.718. The number of anilines is 1. The molecule has 3 aromatic rings. The summed E-state index contributed by atoms with van der Waals surface area (Å²) in [5.41, 5.74) is 8.59. The van der Waals surface area contributed by atoms with Gasteiger partial charge in [-0.25, -0.2) is 0 Å². The molecule has 0 aliphatic rings. The average Bonchev–Trinajstić information content (AvgIpc) is 2.90. The summed E-state index contributed by atoms with van der Waals surface area (Å²) in [6, 6.07) is 11.5. The number of rotatable bonds is 2. The van der Waals surface area contributed by atoms with Crippen molar-refractivity contribution in [2.45, 2.75) is 0 Å². The van der Waals surface area contributed by atoms with Gasteiger partial charge in [-0.15, -0.1) is 10.2 Å². The van der Waals surface area contributed by atoms with Crippen LogP contribution in [0, 0.1) is 0 Å². The van der Waals surface area contributed by atoms with E-state index in [1.165, 1.54) is 11.3 Å². The zero-order valence-electron chi connectivity index (χ0n) is 9.45. The Balaban J connectivity index is 2.03. The molecule has 5 heteroatoms. The van der Waals surface area contributed by atoms with Crippen LogP contribution in [0.15, 0.2) is 48.8 Å². The van der Waals surface area contributed by atoms with E-state index in [1.807, 2.05) is 36.4 Å². The summed E-state index contributed by atoms with van der Waals surface area (Å²) in [6.07, 6.45) is 3.49. The maximum Gasteiger partial charge on any atom is 0.150 e. The molecule has 0 saturated heterocycles. The second-order valence-electron chi connectivity index (χ2n) is 3.74. The molecule has 0 bridgehead atoms. The van der Waals surface area contributed by atoms with Crippen molar-refractivity contribution in [3.63, 3.8) is 0 Å². The Morgan fingerprint density at radius 1 is 0.889 bits per heavy atom. The van der Waals surface area contributed by atoms with Crippen LogP contribution < -0.4 is 5.73 Å². The first-order valence-electron chi connectivity index (χ1n) is 5.43. The highest BCUT2D eigenvalue weighted by atomic mass is 32.1. The third-order valence-corrected chi connectivity index (χ3v) is 3.55. The molecular weight excluding hydrogens is 244 g/mol. The minimum Gasteiger partial charge on any atom is -0.398 e. The molecule has 88 valence electrons. The maximum atomic E-state index is 5.93. The predicted octanol–water partition coefficient (Wildman–Crippen LogP) is 2.85. The fourth-order valence-electron chi connectivity index (χ4n) is 1.63. The number of nitrogen functional groups attached to an aromatic ring is 1. The molecule has 0 saturated carbocycles. The van der Waals surface area contributed by atoms with E-state index in [4.69, 9.17) is 5.73 Å². The van der Waals surface area contributed by atoms with Gasteiger partial charge in [0.25, 0.3) is 0 Å². The lowest BCUT2D eigenvalue weighted by molar-refractivity contribution is 1.10. The molecule has 2 N–H and O–H groups in total. The fraction of sp³-hybridized carbons (Fsp3) is 0. The number of hydrogen-bond acceptors (Lipinski definition) is 5. The molecular formula is C13H10N4S. The Kier molecular flexibility index (Phi) is 2.74. The molecule has 0 fully saturated rings. The summed E-state index contributed by atoms with van der Waals surface area (Å²) in [5.74, 6) is 0. The highest BCUT2D eigenvalue weighted by Gasteiger charge is 2.10. The Morgan fingerprint density at radius 3 is 2.39 bits per heavy atom. The minimum atomic E-state index is 0.718. The average molecular weight is 254 g/mol. The number of pyridine rings is 1. The van der Waals surface area contributed by atoms with Gasteiger partial charge in [0.2, 0.25) is 0 Å². The summed E-state index contributed by atoms with van der Waals surface area (Å²) < 4.78 is 0. The van der Waals surface area contributed by atoms with Crippen molar-refractivity contribution in [2.75, 3.05) is 5.73 Å². The van der Waals surface area contributed by atoms with Gasteiger partial charge in [-0.1, -0.05) is 23.5 Å². The van der Waals surface area contributed by atoms with Crippen molar-refractivity contribution in [3.05, 3.63) is 48.8 Å². The summed E-state index contributed by atoms with van der Waals surface area (Å²) >= 11 is 1.52. The Labute approximate surface area is 108 Å². The van der Waals surface area contributed by atoms with E-state index < -0.39 is 0 Å². The van der Waals surface area contributed by atoms with Crippen LogP contribution in [-0.4, -0.2) is 15.2 Å². The lowest BCUT2D eigenvalue weighted by Crippen LogP contribution is -1.88. The molecule has 0 amide bonds. The van der Waals surface area contributed by atoms with Crippen molar-refractivity contribution >= 4 is 17.0 Å². The van der Waals surface area contributed by atoms with Crippen LogP contribution >= 0.6 is 11.3 Å². The number of para-hydroxylation sites is 1. The molecule has 0 aliphatic heterocycles.